The number of rotatable bonds is 7. The van der Waals surface area contributed by atoms with E-state index in [0.717, 1.165) is 49.1 Å². The fourth-order valence-corrected chi connectivity index (χ4v) is 2.47. The van der Waals surface area contributed by atoms with Gasteiger partial charge in [0.15, 0.2) is 0 Å². The van der Waals surface area contributed by atoms with Crippen molar-refractivity contribution in [3.63, 3.8) is 0 Å². The molecule has 0 radical (unpaired) electrons. The fraction of sp³-hybridized carbons (Fsp3) is 0.500. The van der Waals surface area contributed by atoms with E-state index in [1.807, 2.05) is 18.6 Å². The third-order valence-corrected chi connectivity index (χ3v) is 3.50. The molecule has 20 heavy (non-hydrogen) atoms. The highest BCUT2D eigenvalue weighted by Gasteiger charge is 2.09. The first-order valence-corrected chi connectivity index (χ1v) is 7.87. The molecule has 0 aliphatic rings. The average Bonchev–Trinajstić information content (AvgIpc) is 2.92. The van der Waals surface area contributed by atoms with Crippen molar-refractivity contribution in [1.82, 2.24) is 15.0 Å². The number of aromatic nitrogens is 3. The number of hydrogen-bond donors (Lipinski definition) is 1. The highest BCUT2D eigenvalue weighted by Crippen LogP contribution is 2.17. The van der Waals surface area contributed by atoms with Crippen LogP contribution >= 0.6 is 11.3 Å². The Morgan fingerprint density at radius 1 is 1.30 bits per heavy atom. The minimum absolute atomic E-state index is 0.762. The monoisotopic (exact) mass is 291 g/mol. The van der Waals surface area contributed by atoms with Crippen molar-refractivity contribution in [2.75, 3.05) is 23.8 Å². The van der Waals surface area contributed by atoms with E-state index in [1.165, 1.54) is 0 Å². The van der Waals surface area contributed by atoms with Crippen molar-refractivity contribution in [3.05, 3.63) is 28.5 Å². The molecular formula is C14H21N5S. The predicted octanol–water partition coefficient (Wildman–Crippen LogP) is 2.95. The molecule has 0 spiro atoms. The van der Waals surface area contributed by atoms with Crippen molar-refractivity contribution >= 4 is 23.0 Å². The standard InChI is InChI=1S/C14H21N5S/c1-4-6-12-17-13(15-5-2)7-14(18-12)19(3)8-11-9-20-10-16-11/h7,9-10H,4-6,8H2,1-3H3,(H,15,17,18). The summed E-state index contributed by atoms with van der Waals surface area (Å²) in [5.41, 5.74) is 2.92. The summed E-state index contributed by atoms with van der Waals surface area (Å²) in [6, 6.07) is 2.00. The highest BCUT2D eigenvalue weighted by atomic mass is 32.1. The zero-order valence-corrected chi connectivity index (χ0v) is 13.1. The lowest BCUT2D eigenvalue weighted by Crippen LogP contribution is -2.19. The minimum Gasteiger partial charge on any atom is -0.370 e. The molecule has 0 aliphatic heterocycles. The van der Waals surface area contributed by atoms with Crippen LogP contribution in [0.2, 0.25) is 0 Å². The predicted molar refractivity (Wildman–Crippen MR) is 84.4 cm³/mol. The van der Waals surface area contributed by atoms with Crippen molar-refractivity contribution < 1.29 is 0 Å². The fourth-order valence-electron chi connectivity index (χ4n) is 1.93. The van der Waals surface area contributed by atoms with E-state index in [1.54, 1.807) is 11.3 Å². The van der Waals surface area contributed by atoms with Crippen molar-refractivity contribution in [3.8, 4) is 0 Å². The molecule has 0 saturated carbocycles. The van der Waals surface area contributed by atoms with E-state index >= 15 is 0 Å². The summed E-state index contributed by atoms with van der Waals surface area (Å²) >= 11 is 1.62. The van der Waals surface area contributed by atoms with E-state index in [9.17, 15) is 0 Å². The molecule has 0 amide bonds. The Labute approximate surface area is 124 Å². The Kier molecular flexibility index (Phi) is 5.29. The van der Waals surface area contributed by atoms with Gasteiger partial charge in [0.05, 0.1) is 17.7 Å². The van der Waals surface area contributed by atoms with Gasteiger partial charge in [-0.2, -0.15) is 0 Å². The number of hydrogen-bond acceptors (Lipinski definition) is 6. The van der Waals surface area contributed by atoms with Crippen LogP contribution in [-0.2, 0) is 13.0 Å². The summed E-state index contributed by atoms with van der Waals surface area (Å²) in [5, 5.41) is 5.33. The molecule has 6 heteroatoms. The maximum Gasteiger partial charge on any atom is 0.134 e. The van der Waals surface area contributed by atoms with Crippen molar-refractivity contribution in [1.29, 1.82) is 0 Å². The third kappa shape index (κ3) is 3.90. The lowest BCUT2D eigenvalue weighted by atomic mass is 10.3. The molecule has 0 atom stereocenters. The molecule has 0 fully saturated rings. The number of nitrogens with one attached hydrogen (secondary N) is 1. The molecule has 0 aliphatic carbocycles. The van der Waals surface area contributed by atoms with Crippen LogP contribution in [0.3, 0.4) is 0 Å². The second-order valence-corrected chi connectivity index (χ2v) is 5.36. The molecule has 5 nitrogen and oxygen atoms in total. The molecule has 1 N–H and O–H groups in total. The quantitative estimate of drug-likeness (QED) is 0.850. The van der Waals surface area contributed by atoms with Gasteiger partial charge in [-0.3, -0.25) is 0 Å². The third-order valence-electron chi connectivity index (χ3n) is 2.86. The van der Waals surface area contributed by atoms with Crippen LogP contribution < -0.4 is 10.2 Å². The number of anilines is 2. The van der Waals surface area contributed by atoms with E-state index < -0.39 is 0 Å². The van der Waals surface area contributed by atoms with Gasteiger partial charge < -0.3 is 10.2 Å². The Balaban J connectivity index is 2.19. The molecular weight excluding hydrogens is 270 g/mol. The Hall–Kier alpha value is -1.69. The zero-order valence-electron chi connectivity index (χ0n) is 12.3. The summed E-state index contributed by atoms with van der Waals surface area (Å²) in [7, 11) is 2.03. The molecule has 0 aromatic carbocycles. The molecule has 0 unspecified atom stereocenters. The van der Waals surface area contributed by atoms with Crippen LogP contribution in [0, 0.1) is 0 Å². The van der Waals surface area contributed by atoms with Gasteiger partial charge in [-0.05, 0) is 13.3 Å². The van der Waals surface area contributed by atoms with Gasteiger partial charge in [0.2, 0.25) is 0 Å². The SMILES string of the molecule is CCCc1nc(NCC)cc(N(C)Cc2cscn2)n1. The summed E-state index contributed by atoms with van der Waals surface area (Å²) in [6.45, 7) is 5.83. The molecule has 2 rings (SSSR count). The molecule has 0 saturated heterocycles. The van der Waals surface area contributed by atoms with Gasteiger partial charge in [0.25, 0.3) is 0 Å². The Morgan fingerprint density at radius 2 is 2.15 bits per heavy atom. The lowest BCUT2D eigenvalue weighted by molar-refractivity contribution is 0.807. The van der Waals surface area contributed by atoms with E-state index in [2.05, 4.69) is 44.4 Å². The van der Waals surface area contributed by atoms with Crippen molar-refractivity contribution in [2.24, 2.45) is 0 Å². The van der Waals surface area contributed by atoms with Gasteiger partial charge in [0.1, 0.15) is 17.5 Å². The first-order valence-electron chi connectivity index (χ1n) is 6.93. The van der Waals surface area contributed by atoms with Gasteiger partial charge in [0, 0.05) is 31.5 Å². The number of thiazole rings is 1. The van der Waals surface area contributed by atoms with Gasteiger partial charge in [-0.1, -0.05) is 6.92 Å². The molecule has 2 aromatic heterocycles. The number of aryl methyl sites for hydroxylation is 1. The van der Waals surface area contributed by atoms with Crippen LogP contribution in [0.5, 0.6) is 0 Å². The van der Waals surface area contributed by atoms with Crippen molar-refractivity contribution in [2.45, 2.75) is 33.2 Å². The summed E-state index contributed by atoms with van der Waals surface area (Å²) in [6.07, 6.45) is 1.95. The van der Waals surface area contributed by atoms with Crippen LogP contribution in [0.4, 0.5) is 11.6 Å². The number of nitrogens with zero attached hydrogens (tertiary/aromatic N) is 4. The summed E-state index contributed by atoms with van der Waals surface area (Å²) in [4.78, 5) is 15.6. The van der Waals surface area contributed by atoms with Crippen LogP contribution in [0.15, 0.2) is 17.0 Å². The first kappa shape index (κ1) is 14.7. The second kappa shape index (κ2) is 7.19. The molecule has 2 heterocycles. The van der Waals surface area contributed by atoms with Crippen LogP contribution in [0.25, 0.3) is 0 Å². The summed E-state index contributed by atoms with van der Waals surface area (Å²) < 4.78 is 0. The minimum atomic E-state index is 0.762. The van der Waals surface area contributed by atoms with Gasteiger partial charge in [-0.25, -0.2) is 15.0 Å². The van der Waals surface area contributed by atoms with Crippen LogP contribution in [0.1, 0.15) is 31.8 Å². The first-order chi connectivity index (χ1) is 9.72. The average molecular weight is 291 g/mol. The summed E-state index contributed by atoms with van der Waals surface area (Å²) in [5.74, 6) is 2.73. The topological polar surface area (TPSA) is 53.9 Å². The van der Waals surface area contributed by atoms with E-state index in [0.29, 0.717) is 0 Å². The van der Waals surface area contributed by atoms with Gasteiger partial charge in [-0.15, -0.1) is 11.3 Å². The maximum absolute atomic E-state index is 4.64. The molecule has 108 valence electrons. The Bertz CT molecular complexity index is 502. The van der Waals surface area contributed by atoms with E-state index in [4.69, 9.17) is 0 Å². The second-order valence-electron chi connectivity index (χ2n) is 4.64. The largest absolute Gasteiger partial charge is 0.370 e. The van der Waals surface area contributed by atoms with Gasteiger partial charge >= 0.3 is 0 Å². The molecule has 2 aromatic rings. The smallest absolute Gasteiger partial charge is 0.134 e. The van der Waals surface area contributed by atoms with Crippen LogP contribution in [-0.4, -0.2) is 28.5 Å². The maximum atomic E-state index is 4.64. The zero-order chi connectivity index (χ0) is 14.4. The lowest BCUT2D eigenvalue weighted by Gasteiger charge is -2.18. The normalized spacial score (nSPS) is 10.6. The molecule has 0 bridgehead atoms. The Morgan fingerprint density at radius 3 is 2.80 bits per heavy atom. The van der Waals surface area contributed by atoms with E-state index in [-0.39, 0.29) is 0 Å². The highest BCUT2D eigenvalue weighted by molar-refractivity contribution is 7.07.